The Balaban J connectivity index is 1.37. The third kappa shape index (κ3) is 4.05. The Labute approximate surface area is 259 Å². The molecule has 6 aromatic carbocycles. The highest BCUT2D eigenvalue weighted by atomic mass is 16.3. The molecule has 0 saturated carbocycles. The third-order valence-electron chi connectivity index (χ3n) is 8.56. The second kappa shape index (κ2) is 10.00. The van der Waals surface area contributed by atoms with Gasteiger partial charge in [-0.3, -0.25) is 0 Å². The van der Waals surface area contributed by atoms with Gasteiger partial charge in [0.05, 0.1) is 11.0 Å². The van der Waals surface area contributed by atoms with Crippen molar-refractivity contribution in [2.24, 2.45) is 0 Å². The van der Waals surface area contributed by atoms with Crippen molar-refractivity contribution in [3.63, 3.8) is 0 Å². The molecule has 0 atom stereocenters. The van der Waals surface area contributed by atoms with Crippen LogP contribution in [0, 0.1) is 6.92 Å². The lowest BCUT2D eigenvalue weighted by molar-refractivity contribution is 0.666. The molecular formula is C40H26N4O. The second-order valence-corrected chi connectivity index (χ2v) is 11.3. The van der Waals surface area contributed by atoms with Crippen molar-refractivity contribution in [1.29, 1.82) is 0 Å². The van der Waals surface area contributed by atoms with E-state index in [1.54, 1.807) is 0 Å². The van der Waals surface area contributed by atoms with E-state index in [4.69, 9.17) is 19.4 Å². The summed E-state index contributed by atoms with van der Waals surface area (Å²) in [6.45, 7) is 2.09. The first kappa shape index (κ1) is 25.4. The fourth-order valence-corrected chi connectivity index (χ4v) is 6.44. The van der Waals surface area contributed by atoms with Gasteiger partial charge in [0, 0.05) is 43.9 Å². The minimum atomic E-state index is 0.610. The lowest BCUT2D eigenvalue weighted by Crippen LogP contribution is -2.00. The van der Waals surface area contributed by atoms with Crippen molar-refractivity contribution in [1.82, 2.24) is 19.5 Å². The van der Waals surface area contributed by atoms with Gasteiger partial charge in [0.2, 0.25) is 0 Å². The number of rotatable bonds is 4. The fraction of sp³-hybridized carbons (Fsp3) is 0.0250. The molecule has 5 heteroatoms. The van der Waals surface area contributed by atoms with Crippen LogP contribution in [0.5, 0.6) is 0 Å². The molecule has 212 valence electrons. The number of aromatic nitrogens is 4. The zero-order chi connectivity index (χ0) is 29.9. The average Bonchev–Trinajstić information content (AvgIpc) is 3.64. The molecule has 0 saturated heterocycles. The molecule has 9 aromatic rings. The number of benzene rings is 6. The number of furan rings is 1. The summed E-state index contributed by atoms with van der Waals surface area (Å²) in [6.07, 6.45) is 0. The van der Waals surface area contributed by atoms with Crippen LogP contribution in [0.3, 0.4) is 0 Å². The maximum absolute atomic E-state index is 6.67. The first-order chi connectivity index (χ1) is 22.2. The SMILES string of the molecule is Cc1ccc(-c2nc(-c3ccccc3)nc(-c3ccccc3)n2)c2c1oc1cc3c4ccccc4n(-c4ccccc4)c3cc12. The van der Waals surface area contributed by atoms with Crippen molar-refractivity contribution in [2.75, 3.05) is 0 Å². The fourth-order valence-electron chi connectivity index (χ4n) is 6.44. The Morgan fingerprint density at radius 2 is 1.11 bits per heavy atom. The van der Waals surface area contributed by atoms with Crippen LogP contribution in [0.2, 0.25) is 0 Å². The van der Waals surface area contributed by atoms with Gasteiger partial charge < -0.3 is 8.98 Å². The predicted octanol–water partition coefficient (Wildman–Crippen LogP) is 10.2. The number of aryl methyl sites for hydroxylation is 1. The first-order valence-corrected chi connectivity index (χ1v) is 15.0. The zero-order valence-electron chi connectivity index (χ0n) is 24.5. The highest BCUT2D eigenvalue weighted by Crippen LogP contribution is 2.42. The number of nitrogens with zero attached hydrogens (tertiary/aromatic N) is 4. The van der Waals surface area contributed by atoms with Crippen molar-refractivity contribution >= 4 is 43.7 Å². The van der Waals surface area contributed by atoms with Gasteiger partial charge in [-0.05, 0) is 42.8 Å². The number of hydrogen-bond acceptors (Lipinski definition) is 4. The minimum Gasteiger partial charge on any atom is -0.456 e. The van der Waals surface area contributed by atoms with Gasteiger partial charge in [0.15, 0.2) is 17.5 Å². The molecule has 0 unspecified atom stereocenters. The molecule has 3 aromatic heterocycles. The summed E-state index contributed by atoms with van der Waals surface area (Å²) in [5.74, 6) is 1.87. The van der Waals surface area contributed by atoms with E-state index in [0.717, 1.165) is 66.3 Å². The van der Waals surface area contributed by atoms with E-state index in [-0.39, 0.29) is 0 Å². The number of fused-ring (bicyclic) bond motifs is 6. The van der Waals surface area contributed by atoms with Gasteiger partial charge >= 0.3 is 0 Å². The van der Waals surface area contributed by atoms with Gasteiger partial charge in [-0.25, -0.2) is 15.0 Å². The molecule has 0 N–H and O–H groups in total. The quantitative estimate of drug-likeness (QED) is 0.208. The normalized spacial score (nSPS) is 11.7. The maximum Gasteiger partial charge on any atom is 0.164 e. The molecule has 3 heterocycles. The molecule has 0 aliphatic heterocycles. The molecule has 0 radical (unpaired) electrons. The summed E-state index contributed by atoms with van der Waals surface area (Å²) >= 11 is 0. The summed E-state index contributed by atoms with van der Waals surface area (Å²) in [5, 5.41) is 4.37. The molecule has 0 aliphatic rings. The van der Waals surface area contributed by atoms with Crippen molar-refractivity contribution in [3.8, 4) is 39.9 Å². The average molecular weight is 579 g/mol. The lowest BCUT2D eigenvalue weighted by atomic mass is 10.0. The van der Waals surface area contributed by atoms with Gasteiger partial charge in [0.1, 0.15) is 11.2 Å². The molecule has 0 fully saturated rings. The Morgan fingerprint density at radius 1 is 0.511 bits per heavy atom. The summed E-state index contributed by atoms with van der Waals surface area (Å²) in [5.41, 5.74) is 8.92. The molecule has 0 aliphatic carbocycles. The minimum absolute atomic E-state index is 0.610. The summed E-state index contributed by atoms with van der Waals surface area (Å²) < 4.78 is 9.00. The highest BCUT2D eigenvalue weighted by molar-refractivity contribution is 6.19. The molecule has 0 spiro atoms. The van der Waals surface area contributed by atoms with Gasteiger partial charge in [0.25, 0.3) is 0 Å². The van der Waals surface area contributed by atoms with Crippen LogP contribution in [-0.2, 0) is 0 Å². The predicted molar refractivity (Wildman–Crippen MR) is 182 cm³/mol. The van der Waals surface area contributed by atoms with E-state index in [2.05, 4.69) is 90.4 Å². The van der Waals surface area contributed by atoms with E-state index < -0.39 is 0 Å². The first-order valence-electron chi connectivity index (χ1n) is 15.0. The lowest BCUT2D eigenvalue weighted by Gasteiger charge is -2.10. The topological polar surface area (TPSA) is 56.7 Å². The number of para-hydroxylation sites is 2. The van der Waals surface area contributed by atoms with E-state index in [1.807, 2.05) is 60.7 Å². The Hall–Kier alpha value is -6.07. The Kier molecular flexibility index (Phi) is 5.65. The van der Waals surface area contributed by atoms with Crippen LogP contribution in [0.25, 0.3) is 83.6 Å². The van der Waals surface area contributed by atoms with Gasteiger partial charge in [-0.15, -0.1) is 0 Å². The highest BCUT2D eigenvalue weighted by Gasteiger charge is 2.21. The molecule has 45 heavy (non-hydrogen) atoms. The Bertz CT molecular complexity index is 2470. The summed E-state index contributed by atoms with van der Waals surface area (Å²) in [7, 11) is 0. The third-order valence-corrected chi connectivity index (χ3v) is 8.56. The van der Waals surface area contributed by atoms with Gasteiger partial charge in [-0.1, -0.05) is 109 Å². The zero-order valence-corrected chi connectivity index (χ0v) is 24.5. The summed E-state index contributed by atoms with van der Waals surface area (Å²) in [4.78, 5) is 15.0. The van der Waals surface area contributed by atoms with Crippen molar-refractivity contribution < 1.29 is 4.42 Å². The van der Waals surface area contributed by atoms with E-state index in [1.165, 1.54) is 5.39 Å². The molecule has 0 bridgehead atoms. The van der Waals surface area contributed by atoms with Crippen LogP contribution in [0.4, 0.5) is 0 Å². The molecule has 5 nitrogen and oxygen atoms in total. The summed E-state index contributed by atoms with van der Waals surface area (Å²) in [6, 6.07) is 47.9. The van der Waals surface area contributed by atoms with E-state index in [9.17, 15) is 0 Å². The largest absolute Gasteiger partial charge is 0.456 e. The maximum atomic E-state index is 6.67. The van der Waals surface area contributed by atoms with Crippen molar-refractivity contribution in [3.05, 3.63) is 145 Å². The van der Waals surface area contributed by atoms with Gasteiger partial charge in [-0.2, -0.15) is 0 Å². The van der Waals surface area contributed by atoms with Crippen molar-refractivity contribution in [2.45, 2.75) is 6.92 Å². The Morgan fingerprint density at radius 3 is 1.80 bits per heavy atom. The van der Waals surface area contributed by atoms with E-state index >= 15 is 0 Å². The van der Waals surface area contributed by atoms with E-state index in [0.29, 0.717) is 17.5 Å². The molecule has 9 rings (SSSR count). The standard InChI is InChI=1S/C40H26N4O/c1-25-21-22-30(40-42-38(26-13-5-2-6-14-26)41-39(43-40)27-15-7-3-8-16-27)36-32-23-34-31(24-35(32)45-37(25)36)29-19-11-12-20-33(29)44(34)28-17-9-4-10-18-28/h2-24H,1H3. The molecular weight excluding hydrogens is 552 g/mol. The smallest absolute Gasteiger partial charge is 0.164 e. The second-order valence-electron chi connectivity index (χ2n) is 11.3. The van der Waals surface area contributed by atoms with Crippen LogP contribution in [0.1, 0.15) is 5.56 Å². The number of hydrogen-bond donors (Lipinski definition) is 0. The van der Waals surface area contributed by atoms with Crippen LogP contribution >= 0.6 is 0 Å². The monoisotopic (exact) mass is 578 g/mol. The van der Waals surface area contributed by atoms with Crippen LogP contribution in [-0.4, -0.2) is 19.5 Å². The van der Waals surface area contributed by atoms with Crippen LogP contribution < -0.4 is 0 Å². The molecule has 0 amide bonds. The van der Waals surface area contributed by atoms with Crippen LogP contribution in [0.15, 0.2) is 144 Å².